The van der Waals surface area contributed by atoms with Gasteiger partial charge in [0.05, 0.1) is 5.02 Å². The minimum Gasteiger partial charge on any atom is -0.507 e. The first-order valence-electron chi connectivity index (χ1n) is 4.17. The van der Waals surface area contributed by atoms with Gasteiger partial charge in [0.15, 0.2) is 0 Å². The number of nitrogens with zero attached hydrogens (tertiary/aromatic N) is 1. The summed E-state index contributed by atoms with van der Waals surface area (Å²) >= 11 is 5.98. The monoisotopic (exact) mass is 205 g/mol. The predicted molar refractivity (Wildman–Crippen MR) is 56.3 cm³/mol. The molecule has 0 atom stereocenters. The number of aromatic nitrogens is 1. The highest BCUT2D eigenvalue weighted by Gasteiger charge is 2.07. The topological polar surface area (TPSA) is 33.1 Å². The first-order chi connectivity index (χ1) is 6.79. The Balaban J connectivity index is 2.63. The van der Waals surface area contributed by atoms with E-state index in [1.54, 1.807) is 36.7 Å². The van der Waals surface area contributed by atoms with E-state index in [2.05, 4.69) is 4.98 Å². The molecule has 0 unspecified atom stereocenters. The van der Waals surface area contributed by atoms with Crippen LogP contribution < -0.4 is 0 Å². The van der Waals surface area contributed by atoms with Gasteiger partial charge in [-0.3, -0.25) is 4.98 Å². The van der Waals surface area contributed by atoms with Crippen LogP contribution in [0.3, 0.4) is 0 Å². The summed E-state index contributed by atoms with van der Waals surface area (Å²) in [5.74, 6) is 0.172. The molecule has 0 amide bonds. The van der Waals surface area contributed by atoms with E-state index in [9.17, 15) is 5.11 Å². The van der Waals surface area contributed by atoms with Crippen LogP contribution in [0.25, 0.3) is 11.1 Å². The largest absolute Gasteiger partial charge is 0.507 e. The van der Waals surface area contributed by atoms with Crippen LogP contribution in [0, 0.1) is 0 Å². The van der Waals surface area contributed by atoms with Crippen molar-refractivity contribution in [2.75, 3.05) is 0 Å². The summed E-state index contributed by atoms with van der Waals surface area (Å²) in [5, 5.41) is 10.2. The number of benzene rings is 1. The highest BCUT2D eigenvalue weighted by Crippen LogP contribution is 2.34. The zero-order valence-electron chi connectivity index (χ0n) is 7.31. The van der Waals surface area contributed by atoms with Crippen molar-refractivity contribution in [3.8, 4) is 16.9 Å². The lowest BCUT2D eigenvalue weighted by Crippen LogP contribution is -1.81. The van der Waals surface area contributed by atoms with Crippen LogP contribution in [0.2, 0.25) is 5.02 Å². The zero-order valence-corrected chi connectivity index (χ0v) is 8.07. The highest BCUT2D eigenvalue weighted by atomic mass is 35.5. The fourth-order valence-electron chi connectivity index (χ4n) is 1.31. The Morgan fingerprint density at radius 3 is 2.64 bits per heavy atom. The van der Waals surface area contributed by atoms with Gasteiger partial charge in [0.2, 0.25) is 0 Å². The Labute approximate surface area is 86.8 Å². The lowest BCUT2D eigenvalue weighted by Gasteiger charge is -2.05. The lowest BCUT2D eigenvalue weighted by atomic mass is 10.1. The molecule has 0 bridgehead atoms. The summed E-state index contributed by atoms with van der Waals surface area (Å²) in [6, 6.07) is 8.71. The van der Waals surface area contributed by atoms with E-state index in [0.717, 1.165) is 5.56 Å². The van der Waals surface area contributed by atoms with Gasteiger partial charge in [-0.15, -0.1) is 0 Å². The third-order valence-corrected chi connectivity index (χ3v) is 2.26. The van der Waals surface area contributed by atoms with Gasteiger partial charge in [0.25, 0.3) is 0 Å². The van der Waals surface area contributed by atoms with Gasteiger partial charge in [-0.05, 0) is 18.2 Å². The van der Waals surface area contributed by atoms with Crippen LogP contribution in [0.15, 0.2) is 42.7 Å². The summed E-state index contributed by atoms with van der Waals surface area (Å²) in [4.78, 5) is 3.97. The van der Waals surface area contributed by atoms with E-state index in [4.69, 9.17) is 11.6 Å². The number of hydrogen-bond acceptors (Lipinski definition) is 2. The van der Waals surface area contributed by atoms with Crippen LogP contribution in [0.4, 0.5) is 0 Å². The number of pyridine rings is 1. The number of aromatic hydroxyl groups is 1. The van der Waals surface area contributed by atoms with Gasteiger partial charge in [-0.25, -0.2) is 0 Å². The minimum absolute atomic E-state index is 0.172. The molecule has 2 nitrogen and oxygen atoms in total. The number of halogens is 1. The fourth-order valence-corrected chi connectivity index (χ4v) is 1.59. The van der Waals surface area contributed by atoms with Crippen molar-refractivity contribution in [1.29, 1.82) is 0 Å². The summed E-state index contributed by atoms with van der Waals surface area (Å²) in [6.07, 6.45) is 3.35. The molecule has 3 heteroatoms. The molecule has 1 aromatic carbocycles. The molecule has 0 fully saturated rings. The van der Waals surface area contributed by atoms with Crippen molar-refractivity contribution >= 4 is 11.6 Å². The standard InChI is InChI=1S/C11H8ClNO/c12-9-4-1-5-10(14)11(9)8-3-2-6-13-7-8/h1-7,14H. The molecule has 0 aliphatic carbocycles. The van der Waals surface area contributed by atoms with Crippen molar-refractivity contribution in [3.05, 3.63) is 47.7 Å². The highest BCUT2D eigenvalue weighted by molar-refractivity contribution is 6.33. The average Bonchev–Trinajstić information content (AvgIpc) is 2.19. The van der Waals surface area contributed by atoms with Crippen molar-refractivity contribution in [3.63, 3.8) is 0 Å². The zero-order chi connectivity index (χ0) is 9.97. The SMILES string of the molecule is Oc1cccc(Cl)c1-c1cccnc1. The molecule has 14 heavy (non-hydrogen) atoms. The van der Waals surface area contributed by atoms with Gasteiger partial charge in [-0.1, -0.05) is 23.7 Å². The fraction of sp³-hybridized carbons (Fsp3) is 0. The van der Waals surface area contributed by atoms with E-state index in [0.29, 0.717) is 10.6 Å². The molecule has 0 radical (unpaired) electrons. The van der Waals surface area contributed by atoms with Crippen molar-refractivity contribution < 1.29 is 5.11 Å². The van der Waals surface area contributed by atoms with Crippen molar-refractivity contribution in [2.45, 2.75) is 0 Å². The van der Waals surface area contributed by atoms with Gasteiger partial charge in [0, 0.05) is 23.5 Å². The third-order valence-electron chi connectivity index (χ3n) is 1.94. The first kappa shape index (κ1) is 9.03. The maximum absolute atomic E-state index is 9.63. The Bertz CT molecular complexity index is 422. The Morgan fingerprint density at radius 2 is 2.00 bits per heavy atom. The first-order valence-corrected chi connectivity index (χ1v) is 4.54. The second-order valence-electron chi connectivity index (χ2n) is 2.88. The smallest absolute Gasteiger partial charge is 0.124 e. The van der Waals surface area contributed by atoms with Gasteiger partial charge in [0.1, 0.15) is 5.75 Å². The second kappa shape index (κ2) is 3.68. The summed E-state index contributed by atoms with van der Waals surface area (Å²) in [5.41, 5.74) is 1.44. The van der Waals surface area contributed by atoms with Crippen LogP contribution >= 0.6 is 11.6 Å². The number of rotatable bonds is 1. The quantitative estimate of drug-likeness (QED) is 0.776. The van der Waals surface area contributed by atoms with E-state index in [1.165, 1.54) is 0 Å². The molecule has 1 N–H and O–H groups in total. The molecule has 0 aliphatic heterocycles. The maximum atomic E-state index is 9.63. The number of phenols is 1. The molecule has 2 aromatic rings. The van der Waals surface area contributed by atoms with Gasteiger partial charge < -0.3 is 5.11 Å². The van der Waals surface area contributed by atoms with Gasteiger partial charge >= 0.3 is 0 Å². The van der Waals surface area contributed by atoms with E-state index in [-0.39, 0.29) is 5.75 Å². The van der Waals surface area contributed by atoms with E-state index >= 15 is 0 Å². The van der Waals surface area contributed by atoms with Crippen LogP contribution in [-0.2, 0) is 0 Å². The summed E-state index contributed by atoms with van der Waals surface area (Å²) in [7, 11) is 0. The normalized spacial score (nSPS) is 10.1. The van der Waals surface area contributed by atoms with Crippen LogP contribution in [0.5, 0.6) is 5.75 Å². The molecule has 0 aliphatic rings. The Hall–Kier alpha value is -1.54. The van der Waals surface area contributed by atoms with Gasteiger partial charge in [-0.2, -0.15) is 0 Å². The summed E-state index contributed by atoms with van der Waals surface area (Å²) in [6.45, 7) is 0. The minimum atomic E-state index is 0.172. The molecular formula is C11H8ClNO. The Morgan fingerprint density at radius 1 is 1.14 bits per heavy atom. The molecule has 1 aromatic heterocycles. The molecule has 2 rings (SSSR count). The molecule has 0 saturated heterocycles. The van der Waals surface area contributed by atoms with Crippen molar-refractivity contribution in [2.24, 2.45) is 0 Å². The molecule has 1 heterocycles. The molecule has 70 valence electrons. The summed E-state index contributed by atoms with van der Waals surface area (Å²) < 4.78 is 0. The van der Waals surface area contributed by atoms with E-state index < -0.39 is 0 Å². The lowest BCUT2D eigenvalue weighted by molar-refractivity contribution is 0.477. The third kappa shape index (κ3) is 1.56. The molecule has 0 saturated carbocycles. The molecule has 0 spiro atoms. The van der Waals surface area contributed by atoms with E-state index in [1.807, 2.05) is 6.07 Å². The average molecular weight is 206 g/mol. The van der Waals surface area contributed by atoms with Crippen LogP contribution in [0.1, 0.15) is 0 Å². The predicted octanol–water partition coefficient (Wildman–Crippen LogP) is 3.11. The number of phenolic OH excluding ortho intramolecular Hbond substituents is 1. The number of hydrogen-bond donors (Lipinski definition) is 1. The maximum Gasteiger partial charge on any atom is 0.124 e. The Kier molecular flexibility index (Phi) is 2.37. The van der Waals surface area contributed by atoms with Crippen molar-refractivity contribution in [1.82, 2.24) is 4.98 Å². The van der Waals surface area contributed by atoms with Crippen LogP contribution in [-0.4, -0.2) is 10.1 Å². The molecular weight excluding hydrogens is 198 g/mol. The second-order valence-corrected chi connectivity index (χ2v) is 3.28.